The molecule has 0 unspecified atom stereocenters. The molecular weight excluding hydrogens is 665 g/mol. The third-order valence-electron chi connectivity index (χ3n) is 11.1. The average Bonchev–Trinajstić information content (AvgIpc) is 3.10. The molecule has 0 aromatic heterocycles. The molecule has 0 spiro atoms. The van der Waals surface area contributed by atoms with Crippen molar-refractivity contribution in [2.75, 3.05) is 125 Å². The number of nitrogens with zero attached hydrogens (tertiary/aromatic N) is 8. The van der Waals surface area contributed by atoms with Crippen molar-refractivity contribution in [3.05, 3.63) is 35.9 Å². The molecular formula is C46H100N8. The topological polar surface area (TPSA) is 25.9 Å². The third-order valence-corrected chi connectivity index (χ3v) is 11.1. The second kappa shape index (κ2) is 31.0. The van der Waals surface area contributed by atoms with Gasteiger partial charge in [-0.05, 0) is 94.4 Å². The van der Waals surface area contributed by atoms with E-state index in [1.807, 2.05) is 0 Å². The molecule has 8 heteroatoms. The summed E-state index contributed by atoms with van der Waals surface area (Å²) in [5.74, 6) is 0. The van der Waals surface area contributed by atoms with E-state index in [0.29, 0.717) is 5.54 Å². The van der Waals surface area contributed by atoms with Crippen LogP contribution in [0.1, 0.15) is 118 Å². The number of rotatable bonds is 8. The average molecular weight is 765 g/mol. The quantitative estimate of drug-likeness (QED) is 0.261. The molecule has 0 aliphatic carbocycles. The van der Waals surface area contributed by atoms with Crippen LogP contribution >= 0.6 is 0 Å². The standard InChI is InChI=1S/C15H24N2.C10H22N2.C9H20N2.C8H18N2.4CH4/c1-15(2,3)17-11-9-16(10-12-17)13-14-7-5-4-6-8-14;1-4-5-11-6-8-12(9-7-11)10(2)3;1-4-10-5-7-11(8-6-10)9(2)3;1-8(2)10-6-4-9(3)5-7-10;;;;/h4-8H,9-13H2,1-3H3;10H,4-9H2,1-3H3;9H,4-8H2,1-3H3;8H,4-7H2,1-3H3;4*1H4. The van der Waals surface area contributed by atoms with Crippen LogP contribution in [0.4, 0.5) is 0 Å². The minimum absolute atomic E-state index is 0. The van der Waals surface area contributed by atoms with Crippen LogP contribution in [0.5, 0.6) is 0 Å². The molecule has 0 N–H and O–H groups in total. The van der Waals surface area contributed by atoms with Gasteiger partial charge in [-0.2, -0.15) is 0 Å². The van der Waals surface area contributed by atoms with Crippen molar-refractivity contribution in [2.45, 2.75) is 142 Å². The first kappa shape index (κ1) is 57.2. The van der Waals surface area contributed by atoms with E-state index in [1.165, 1.54) is 130 Å². The van der Waals surface area contributed by atoms with Gasteiger partial charge in [0.2, 0.25) is 0 Å². The van der Waals surface area contributed by atoms with E-state index in [4.69, 9.17) is 0 Å². The van der Waals surface area contributed by atoms with Crippen molar-refractivity contribution in [2.24, 2.45) is 0 Å². The molecule has 0 radical (unpaired) electrons. The van der Waals surface area contributed by atoms with Gasteiger partial charge in [0.15, 0.2) is 0 Å². The lowest BCUT2D eigenvalue weighted by atomic mass is 10.0. The SMILES string of the molecule is C.C.C.C.CC(C)(C)N1CCN(Cc2ccccc2)CC1.CC(C)N1CCN(C)CC1.CCCN1CCN(C(C)C)CC1.CCN1CCN(C(C)C)CC1. The molecule has 54 heavy (non-hydrogen) atoms. The van der Waals surface area contributed by atoms with Gasteiger partial charge in [-0.25, -0.2) is 0 Å². The number of benzene rings is 1. The summed E-state index contributed by atoms with van der Waals surface area (Å²) in [6, 6.07) is 13.0. The summed E-state index contributed by atoms with van der Waals surface area (Å²) in [6.07, 6.45) is 1.29. The normalized spacial score (nSPS) is 20.1. The largest absolute Gasteiger partial charge is 0.304 e. The Morgan fingerprint density at radius 2 is 0.870 bits per heavy atom. The van der Waals surface area contributed by atoms with Crippen LogP contribution in [0.25, 0.3) is 0 Å². The highest BCUT2D eigenvalue weighted by atomic mass is 15.3. The lowest BCUT2D eigenvalue weighted by Gasteiger charge is -2.42. The van der Waals surface area contributed by atoms with Crippen LogP contribution < -0.4 is 0 Å². The summed E-state index contributed by atoms with van der Waals surface area (Å²) in [5.41, 5.74) is 1.75. The Morgan fingerprint density at radius 1 is 0.500 bits per heavy atom. The number of hydrogen-bond acceptors (Lipinski definition) is 8. The third kappa shape index (κ3) is 23.2. The fourth-order valence-corrected chi connectivity index (χ4v) is 7.17. The second-order valence-corrected chi connectivity index (χ2v) is 16.9. The Bertz CT molecular complexity index is 933. The number of hydrogen-bond donors (Lipinski definition) is 0. The zero-order valence-electron chi connectivity index (χ0n) is 35.3. The van der Waals surface area contributed by atoms with E-state index in [2.05, 4.69) is 153 Å². The first-order valence-corrected chi connectivity index (χ1v) is 20.6. The highest BCUT2D eigenvalue weighted by Crippen LogP contribution is 2.17. The monoisotopic (exact) mass is 765 g/mol. The Kier molecular flexibility index (Phi) is 32.8. The van der Waals surface area contributed by atoms with Crippen molar-refractivity contribution >= 4 is 0 Å². The Labute approximate surface area is 341 Å². The van der Waals surface area contributed by atoms with E-state index < -0.39 is 0 Å². The van der Waals surface area contributed by atoms with E-state index >= 15 is 0 Å². The van der Waals surface area contributed by atoms with Gasteiger partial charge >= 0.3 is 0 Å². The van der Waals surface area contributed by atoms with Crippen molar-refractivity contribution in [3.8, 4) is 0 Å². The number of likely N-dealkylation sites (N-methyl/N-ethyl adjacent to an activating group) is 2. The molecule has 0 amide bonds. The molecule has 8 nitrogen and oxygen atoms in total. The van der Waals surface area contributed by atoms with Crippen LogP contribution in [0.2, 0.25) is 0 Å². The van der Waals surface area contributed by atoms with E-state index in [1.54, 1.807) is 0 Å². The van der Waals surface area contributed by atoms with Crippen LogP contribution in [-0.4, -0.2) is 188 Å². The van der Waals surface area contributed by atoms with E-state index in [0.717, 1.165) is 24.7 Å². The van der Waals surface area contributed by atoms with Gasteiger partial charge < -0.3 is 14.7 Å². The first-order valence-electron chi connectivity index (χ1n) is 20.6. The minimum atomic E-state index is 0. The van der Waals surface area contributed by atoms with Crippen molar-refractivity contribution in [1.29, 1.82) is 0 Å². The summed E-state index contributed by atoms with van der Waals surface area (Å²) >= 11 is 0. The Balaban J connectivity index is -0.000000640. The smallest absolute Gasteiger partial charge is 0.0234 e. The van der Waals surface area contributed by atoms with Crippen molar-refractivity contribution in [3.63, 3.8) is 0 Å². The zero-order chi connectivity index (χ0) is 37.1. The van der Waals surface area contributed by atoms with Gasteiger partial charge in [-0.1, -0.05) is 73.9 Å². The molecule has 4 fully saturated rings. The molecule has 324 valence electrons. The second-order valence-electron chi connectivity index (χ2n) is 16.9. The summed E-state index contributed by atoms with van der Waals surface area (Å²) in [4.78, 5) is 20.2. The van der Waals surface area contributed by atoms with Crippen LogP contribution in [0.3, 0.4) is 0 Å². The first-order chi connectivity index (χ1) is 23.7. The summed E-state index contributed by atoms with van der Waals surface area (Å²) in [6.45, 7) is 48.5. The molecule has 0 bridgehead atoms. The van der Waals surface area contributed by atoms with Gasteiger partial charge in [-0.3, -0.25) is 24.5 Å². The Hall–Kier alpha value is -1.10. The fraction of sp³-hybridized carbons (Fsp3) is 0.870. The lowest BCUT2D eigenvalue weighted by Crippen LogP contribution is -2.53. The molecule has 4 aliphatic rings. The highest BCUT2D eigenvalue weighted by Gasteiger charge is 2.25. The van der Waals surface area contributed by atoms with Gasteiger partial charge in [-0.15, -0.1) is 0 Å². The lowest BCUT2D eigenvalue weighted by molar-refractivity contribution is 0.0591. The molecule has 4 saturated heterocycles. The molecule has 0 saturated carbocycles. The predicted molar refractivity (Wildman–Crippen MR) is 246 cm³/mol. The molecule has 5 rings (SSSR count). The van der Waals surface area contributed by atoms with Crippen LogP contribution in [0.15, 0.2) is 30.3 Å². The fourth-order valence-electron chi connectivity index (χ4n) is 7.17. The molecule has 4 aliphatic heterocycles. The van der Waals surface area contributed by atoms with E-state index in [9.17, 15) is 0 Å². The van der Waals surface area contributed by atoms with Crippen LogP contribution in [0, 0.1) is 0 Å². The molecule has 0 atom stereocenters. The summed E-state index contributed by atoms with van der Waals surface area (Å²) in [5, 5.41) is 0. The van der Waals surface area contributed by atoms with E-state index in [-0.39, 0.29) is 29.7 Å². The molecule has 1 aromatic carbocycles. The minimum Gasteiger partial charge on any atom is -0.304 e. The predicted octanol–water partition coefficient (Wildman–Crippen LogP) is 8.24. The summed E-state index contributed by atoms with van der Waals surface area (Å²) < 4.78 is 0. The van der Waals surface area contributed by atoms with Crippen molar-refractivity contribution in [1.82, 2.24) is 39.2 Å². The maximum atomic E-state index is 2.58. The van der Waals surface area contributed by atoms with Crippen molar-refractivity contribution < 1.29 is 0 Å². The van der Waals surface area contributed by atoms with Gasteiger partial charge in [0.25, 0.3) is 0 Å². The van der Waals surface area contributed by atoms with Crippen LogP contribution in [-0.2, 0) is 6.54 Å². The number of piperazine rings is 4. The van der Waals surface area contributed by atoms with Gasteiger partial charge in [0, 0.05) is 135 Å². The molecule has 1 aromatic rings. The zero-order valence-corrected chi connectivity index (χ0v) is 35.3. The summed E-state index contributed by atoms with van der Waals surface area (Å²) in [7, 11) is 2.19. The van der Waals surface area contributed by atoms with Gasteiger partial charge in [0.05, 0.1) is 0 Å². The maximum absolute atomic E-state index is 2.58. The maximum Gasteiger partial charge on any atom is 0.0234 e. The highest BCUT2D eigenvalue weighted by molar-refractivity contribution is 5.14. The molecule has 4 heterocycles. The Morgan fingerprint density at radius 3 is 1.22 bits per heavy atom. The van der Waals surface area contributed by atoms with Gasteiger partial charge in [0.1, 0.15) is 0 Å².